The van der Waals surface area contributed by atoms with Crippen LogP contribution in [0.5, 0.6) is 0 Å². The highest BCUT2D eigenvalue weighted by molar-refractivity contribution is 7.83. The molecule has 1 fully saturated rings. The van der Waals surface area contributed by atoms with Crippen molar-refractivity contribution in [2.75, 3.05) is 0 Å². The van der Waals surface area contributed by atoms with Gasteiger partial charge in [0.25, 0.3) is 0 Å². The van der Waals surface area contributed by atoms with E-state index in [0.29, 0.717) is 0 Å². The van der Waals surface area contributed by atoms with Gasteiger partial charge >= 0.3 is 5.97 Å². The average molecular weight is 118 g/mol. The quantitative estimate of drug-likeness (QED) is 0.493. The predicted octanol–water partition coefficient (Wildman–Crippen LogP) is 0.533. The van der Waals surface area contributed by atoms with Gasteiger partial charge in [-0.3, -0.25) is 4.79 Å². The lowest BCUT2D eigenvalue weighted by atomic mass is 10.4. The van der Waals surface area contributed by atoms with Crippen molar-refractivity contribution in [1.29, 1.82) is 0 Å². The first-order valence-electron chi connectivity index (χ1n) is 2.11. The minimum atomic E-state index is -0.782. The van der Waals surface area contributed by atoms with Gasteiger partial charge in [-0.05, 0) is 12.8 Å². The lowest BCUT2D eigenvalue weighted by molar-refractivity contribution is -0.137. The molecule has 0 radical (unpaired) electrons. The SMILES string of the molecule is O=C(O)C1(S)CC1. The van der Waals surface area contributed by atoms with E-state index in [1.54, 1.807) is 0 Å². The molecule has 1 aliphatic rings. The number of aliphatic carboxylic acids is 1. The molecule has 0 aromatic heterocycles. The van der Waals surface area contributed by atoms with Gasteiger partial charge in [0.2, 0.25) is 0 Å². The highest BCUT2D eigenvalue weighted by Gasteiger charge is 2.46. The zero-order chi connectivity index (χ0) is 5.49. The summed E-state index contributed by atoms with van der Waals surface area (Å²) in [6.45, 7) is 0. The van der Waals surface area contributed by atoms with Crippen LogP contribution in [0.2, 0.25) is 0 Å². The van der Waals surface area contributed by atoms with Crippen LogP contribution in [0.25, 0.3) is 0 Å². The summed E-state index contributed by atoms with van der Waals surface area (Å²) in [7, 11) is 0. The molecule has 1 aliphatic carbocycles. The number of hydrogen-bond donors (Lipinski definition) is 2. The molecular weight excluding hydrogens is 112 g/mol. The minimum absolute atomic E-state index is 0.639. The average Bonchev–Trinajstić information content (AvgIpc) is 2.21. The van der Waals surface area contributed by atoms with E-state index in [0.717, 1.165) is 12.8 Å². The van der Waals surface area contributed by atoms with Gasteiger partial charge in [-0.15, -0.1) is 0 Å². The maximum atomic E-state index is 10.0. The number of hydrogen-bond acceptors (Lipinski definition) is 2. The normalized spacial score (nSPS) is 24.1. The van der Waals surface area contributed by atoms with Crippen molar-refractivity contribution in [2.45, 2.75) is 17.6 Å². The molecule has 0 bridgehead atoms. The lowest BCUT2D eigenvalue weighted by Crippen LogP contribution is -2.13. The molecule has 1 rings (SSSR count). The van der Waals surface area contributed by atoms with E-state index in [2.05, 4.69) is 12.6 Å². The third kappa shape index (κ3) is 0.725. The van der Waals surface area contributed by atoms with Gasteiger partial charge < -0.3 is 5.11 Å². The summed E-state index contributed by atoms with van der Waals surface area (Å²) >= 11 is 3.86. The standard InChI is InChI=1S/C4H6O2S/c5-3(6)4(7)1-2-4/h7H,1-2H2,(H,5,6). The largest absolute Gasteiger partial charge is 0.480 e. The third-order valence-corrected chi connectivity index (χ3v) is 1.76. The molecule has 7 heavy (non-hydrogen) atoms. The van der Waals surface area contributed by atoms with Gasteiger partial charge in [0.1, 0.15) is 4.75 Å². The molecule has 0 aliphatic heterocycles. The molecule has 0 saturated heterocycles. The molecule has 0 amide bonds. The Balaban J connectivity index is 2.55. The van der Waals surface area contributed by atoms with Crippen LogP contribution >= 0.6 is 12.6 Å². The summed E-state index contributed by atoms with van der Waals surface area (Å²) in [5, 5.41) is 8.24. The summed E-state index contributed by atoms with van der Waals surface area (Å²) in [5.41, 5.74) is 0. The highest BCUT2D eigenvalue weighted by atomic mass is 32.1. The van der Waals surface area contributed by atoms with Crippen LogP contribution in [-0.2, 0) is 4.79 Å². The topological polar surface area (TPSA) is 37.3 Å². The molecule has 1 saturated carbocycles. The third-order valence-electron chi connectivity index (χ3n) is 1.12. The van der Waals surface area contributed by atoms with Crippen molar-refractivity contribution in [3.63, 3.8) is 0 Å². The molecule has 0 spiro atoms. The van der Waals surface area contributed by atoms with Crippen molar-refractivity contribution in [2.24, 2.45) is 0 Å². The van der Waals surface area contributed by atoms with Gasteiger partial charge in [0.05, 0.1) is 0 Å². The van der Waals surface area contributed by atoms with Crippen LogP contribution in [0.4, 0.5) is 0 Å². The Morgan fingerprint density at radius 2 is 2.14 bits per heavy atom. The zero-order valence-corrected chi connectivity index (χ0v) is 4.61. The first-order chi connectivity index (χ1) is 3.15. The summed E-state index contributed by atoms with van der Waals surface area (Å²) in [5.74, 6) is -0.782. The number of carbonyl (C=O) groups is 1. The van der Waals surface area contributed by atoms with Crippen LogP contribution in [0.15, 0.2) is 0 Å². The maximum Gasteiger partial charge on any atom is 0.319 e. The van der Waals surface area contributed by atoms with Crippen molar-refractivity contribution in [1.82, 2.24) is 0 Å². The van der Waals surface area contributed by atoms with E-state index >= 15 is 0 Å². The molecule has 0 aromatic carbocycles. The summed E-state index contributed by atoms with van der Waals surface area (Å²) in [4.78, 5) is 10.0. The Hall–Kier alpha value is -0.180. The number of rotatable bonds is 1. The lowest BCUT2D eigenvalue weighted by Gasteiger charge is -1.93. The molecule has 40 valence electrons. The Bertz CT molecular complexity index is 106. The second kappa shape index (κ2) is 1.15. The second-order valence-electron chi connectivity index (χ2n) is 1.84. The number of carboxylic acids is 1. The summed E-state index contributed by atoms with van der Waals surface area (Å²) in [6, 6.07) is 0. The van der Waals surface area contributed by atoms with Gasteiger partial charge in [-0.1, -0.05) is 0 Å². The van der Waals surface area contributed by atoms with E-state index in [4.69, 9.17) is 5.11 Å². The van der Waals surface area contributed by atoms with Gasteiger partial charge in [0.15, 0.2) is 0 Å². The highest BCUT2D eigenvalue weighted by Crippen LogP contribution is 2.41. The van der Waals surface area contributed by atoms with Crippen LogP contribution in [0, 0.1) is 0 Å². The van der Waals surface area contributed by atoms with Gasteiger partial charge in [-0.2, -0.15) is 12.6 Å². The molecule has 0 aromatic rings. The van der Waals surface area contributed by atoms with Gasteiger partial charge in [-0.25, -0.2) is 0 Å². The first-order valence-corrected chi connectivity index (χ1v) is 2.56. The minimum Gasteiger partial charge on any atom is -0.480 e. The van der Waals surface area contributed by atoms with Crippen LogP contribution in [0.3, 0.4) is 0 Å². The van der Waals surface area contributed by atoms with Crippen molar-refractivity contribution in [3.8, 4) is 0 Å². The predicted molar refractivity (Wildman–Crippen MR) is 28.6 cm³/mol. The molecule has 3 heteroatoms. The van der Waals surface area contributed by atoms with E-state index < -0.39 is 10.7 Å². The summed E-state index contributed by atoms with van der Waals surface area (Å²) < 4.78 is -0.639. The Morgan fingerprint density at radius 3 is 2.14 bits per heavy atom. The fourth-order valence-corrected chi connectivity index (χ4v) is 0.444. The van der Waals surface area contributed by atoms with E-state index in [1.807, 2.05) is 0 Å². The van der Waals surface area contributed by atoms with E-state index in [9.17, 15) is 4.79 Å². The van der Waals surface area contributed by atoms with Crippen LogP contribution < -0.4 is 0 Å². The zero-order valence-electron chi connectivity index (χ0n) is 3.72. The summed E-state index contributed by atoms with van der Waals surface area (Å²) in [6.07, 6.45) is 1.46. The molecular formula is C4H6O2S. The van der Waals surface area contributed by atoms with Crippen molar-refractivity contribution >= 4 is 18.6 Å². The second-order valence-corrected chi connectivity index (χ2v) is 2.69. The fourth-order valence-electron chi connectivity index (χ4n) is 0.332. The smallest absolute Gasteiger partial charge is 0.319 e. The molecule has 0 atom stereocenters. The Kier molecular flexibility index (Phi) is 0.819. The van der Waals surface area contributed by atoms with Crippen LogP contribution in [0.1, 0.15) is 12.8 Å². The Morgan fingerprint density at radius 1 is 1.71 bits per heavy atom. The molecule has 2 nitrogen and oxygen atoms in total. The maximum absolute atomic E-state index is 10.0. The van der Waals surface area contributed by atoms with E-state index in [-0.39, 0.29) is 0 Å². The van der Waals surface area contributed by atoms with Crippen molar-refractivity contribution < 1.29 is 9.90 Å². The molecule has 0 unspecified atom stereocenters. The Labute approximate surface area is 46.9 Å². The van der Waals surface area contributed by atoms with Crippen LogP contribution in [-0.4, -0.2) is 15.8 Å². The van der Waals surface area contributed by atoms with E-state index in [1.165, 1.54) is 0 Å². The molecule has 0 heterocycles. The number of thiol groups is 1. The monoisotopic (exact) mass is 118 g/mol. The first kappa shape index (κ1) is 4.97. The number of carboxylic acid groups (broad SMARTS) is 1. The fraction of sp³-hybridized carbons (Fsp3) is 0.750. The van der Waals surface area contributed by atoms with Crippen molar-refractivity contribution in [3.05, 3.63) is 0 Å². The molecule has 1 N–H and O–H groups in total. The van der Waals surface area contributed by atoms with Gasteiger partial charge in [0, 0.05) is 0 Å².